The topological polar surface area (TPSA) is 0 Å². The minimum absolute atomic E-state index is 0.426. The average Bonchev–Trinajstić information content (AvgIpc) is 2.25. The molecular formula is C17H28. The van der Waals surface area contributed by atoms with Crippen molar-refractivity contribution >= 4 is 0 Å². The van der Waals surface area contributed by atoms with Gasteiger partial charge in [-0.2, -0.15) is 0 Å². The van der Waals surface area contributed by atoms with Crippen LogP contribution in [0.3, 0.4) is 0 Å². The Morgan fingerprint density at radius 2 is 1.88 bits per heavy atom. The SMILES string of the molecule is CCCC1(C)CCC(C)(C)C2=CC=C(C)CC21. The van der Waals surface area contributed by atoms with Crippen LogP contribution in [0.15, 0.2) is 23.3 Å². The third kappa shape index (κ3) is 2.23. The van der Waals surface area contributed by atoms with Gasteiger partial charge in [-0.25, -0.2) is 0 Å². The van der Waals surface area contributed by atoms with E-state index in [-0.39, 0.29) is 0 Å². The normalized spacial score (nSPS) is 35.9. The molecule has 0 radical (unpaired) electrons. The summed E-state index contributed by atoms with van der Waals surface area (Å²) in [6, 6.07) is 0. The lowest BCUT2D eigenvalue weighted by Crippen LogP contribution is -2.40. The Labute approximate surface area is 107 Å². The molecule has 2 atom stereocenters. The molecule has 2 rings (SSSR count). The Hall–Kier alpha value is -0.520. The lowest BCUT2D eigenvalue weighted by atomic mass is 9.53. The van der Waals surface area contributed by atoms with E-state index in [0.29, 0.717) is 10.8 Å². The number of hydrogen-bond acceptors (Lipinski definition) is 0. The van der Waals surface area contributed by atoms with Gasteiger partial charge in [0.15, 0.2) is 0 Å². The summed E-state index contributed by atoms with van der Waals surface area (Å²) in [5.74, 6) is 0.802. The van der Waals surface area contributed by atoms with Crippen molar-refractivity contribution < 1.29 is 0 Å². The fourth-order valence-corrected chi connectivity index (χ4v) is 3.95. The fraction of sp³-hybridized carbons (Fsp3) is 0.765. The van der Waals surface area contributed by atoms with Crippen LogP contribution in [0, 0.1) is 16.7 Å². The summed E-state index contributed by atoms with van der Waals surface area (Å²) in [5, 5.41) is 0. The van der Waals surface area contributed by atoms with E-state index in [0.717, 1.165) is 5.92 Å². The molecule has 0 aromatic rings. The van der Waals surface area contributed by atoms with Crippen LogP contribution in [0.2, 0.25) is 0 Å². The molecule has 0 heteroatoms. The van der Waals surface area contributed by atoms with E-state index in [1.54, 1.807) is 11.1 Å². The maximum atomic E-state index is 2.53. The molecule has 0 N–H and O–H groups in total. The fourth-order valence-electron chi connectivity index (χ4n) is 3.95. The molecule has 2 unspecified atom stereocenters. The molecule has 1 fully saturated rings. The summed E-state index contributed by atoms with van der Waals surface area (Å²) in [6.07, 6.45) is 11.6. The molecule has 0 nitrogen and oxygen atoms in total. The zero-order chi connectivity index (χ0) is 12.7. The second kappa shape index (κ2) is 4.30. The van der Waals surface area contributed by atoms with E-state index in [1.807, 2.05) is 0 Å². The standard InChI is InChI=1S/C17H28/c1-6-9-17(5)11-10-16(3,4)14-8-7-13(2)12-15(14)17/h7-8,15H,6,9-12H2,1-5H3. The highest BCUT2D eigenvalue weighted by Crippen LogP contribution is 2.57. The van der Waals surface area contributed by atoms with E-state index in [2.05, 4.69) is 46.8 Å². The number of fused-ring (bicyclic) bond motifs is 1. The van der Waals surface area contributed by atoms with E-state index < -0.39 is 0 Å². The van der Waals surface area contributed by atoms with Crippen LogP contribution >= 0.6 is 0 Å². The first-order valence-electron chi connectivity index (χ1n) is 7.27. The molecule has 1 saturated carbocycles. The van der Waals surface area contributed by atoms with Gasteiger partial charge in [-0.15, -0.1) is 0 Å². The van der Waals surface area contributed by atoms with Gasteiger partial charge in [0.2, 0.25) is 0 Å². The van der Waals surface area contributed by atoms with E-state index in [9.17, 15) is 0 Å². The molecule has 0 bridgehead atoms. The molecule has 2 aliphatic rings. The van der Waals surface area contributed by atoms with Gasteiger partial charge in [0, 0.05) is 0 Å². The number of hydrogen-bond donors (Lipinski definition) is 0. The Kier molecular flexibility index (Phi) is 3.27. The molecule has 0 amide bonds. The molecule has 0 aromatic heterocycles. The minimum Gasteiger partial charge on any atom is -0.0727 e. The largest absolute Gasteiger partial charge is 0.0727 e. The molecular weight excluding hydrogens is 204 g/mol. The summed E-state index contributed by atoms with van der Waals surface area (Å²) in [4.78, 5) is 0. The van der Waals surface area contributed by atoms with E-state index in [1.165, 1.54) is 32.1 Å². The van der Waals surface area contributed by atoms with Crippen LogP contribution in [0.25, 0.3) is 0 Å². The van der Waals surface area contributed by atoms with Gasteiger partial charge in [0.25, 0.3) is 0 Å². The smallest absolute Gasteiger partial charge is 0.0104 e. The van der Waals surface area contributed by atoms with Crippen LogP contribution in [0.1, 0.15) is 66.7 Å². The van der Waals surface area contributed by atoms with Crippen molar-refractivity contribution in [2.75, 3.05) is 0 Å². The molecule has 96 valence electrons. The summed E-state index contributed by atoms with van der Waals surface area (Å²) in [6.45, 7) is 12.0. The Bertz CT molecular complexity index is 356. The highest BCUT2D eigenvalue weighted by atomic mass is 14.5. The van der Waals surface area contributed by atoms with Crippen molar-refractivity contribution in [3.05, 3.63) is 23.3 Å². The van der Waals surface area contributed by atoms with Crippen molar-refractivity contribution in [2.45, 2.75) is 66.7 Å². The Balaban J connectivity index is 2.36. The van der Waals surface area contributed by atoms with Crippen LogP contribution in [-0.2, 0) is 0 Å². The van der Waals surface area contributed by atoms with Crippen LogP contribution < -0.4 is 0 Å². The van der Waals surface area contributed by atoms with Crippen molar-refractivity contribution in [3.63, 3.8) is 0 Å². The third-order valence-corrected chi connectivity index (χ3v) is 5.21. The summed E-state index contributed by atoms with van der Waals surface area (Å²) in [5.41, 5.74) is 4.27. The summed E-state index contributed by atoms with van der Waals surface area (Å²) >= 11 is 0. The van der Waals surface area contributed by atoms with Gasteiger partial charge in [-0.1, -0.05) is 57.4 Å². The van der Waals surface area contributed by atoms with Gasteiger partial charge < -0.3 is 0 Å². The monoisotopic (exact) mass is 232 g/mol. The van der Waals surface area contributed by atoms with Crippen LogP contribution in [-0.4, -0.2) is 0 Å². The first-order chi connectivity index (χ1) is 7.89. The second-order valence-corrected chi connectivity index (χ2v) is 7.18. The quantitative estimate of drug-likeness (QED) is 0.589. The Morgan fingerprint density at radius 1 is 1.18 bits per heavy atom. The molecule has 0 spiro atoms. The van der Waals surface area contributed by atoms with Gasteiger partial charge in [0.1, 0.15) is 0 Å². The predicted molar refractivity (Wildman–Crippen MR) is 76.0 cm³/mol. The maximum absolute atomic E-state index is 2.53. The highest BCUT2D eigenvalue weighted by Gasteiger charge is 2.45. The van der Waals surface area contributed by atoms with Gasteiger partial charge in [-0.05, 0) is 49.4 Å². The lowest BCUT2D eigenvalue weighted by molar-refractivity contribution is 0.0920. The van der Waals surface area contributed by atoms with Crippen molar-refractivity contribution in [1.82, 2.24) is 0 Å². The zero-order valence-electron chi connectivity index (χ0n) is 12.3. The molecule has 0 aliphatic heterocycles. The van der Waals surface area contributed by atoms with Crippen molar-refractivity contribution in [2.24, 2.45) is 16.7 Å². The third-order valence-electron chi connectivity index (χ3n) is 5.21. The Morgan fingerprint density at radius 3 is 2.53 bits per heavy atom. The lowest BCUT2D eigenvalue weighted by Gasteiger charge is -2.51. The molecule has 0 saturated heterocycles. The van der Waals surface area contributed by atoms with Gasteiger partial charge in [0.05, 0.1) is 0 Å². The van der Waals surface area contributed by atoms with Crippen molar-refractivity contribution in [1.29, 1.82) is 0 Å². The highest BCUT2D eigenvalue weighted by molar-refractivity contribution is 5.33. The predicted octanol–water partition coefficient (Wildman–Crippen LogP) is 5.51. The second-order valence-electron chi connectivity index (χ2n) is 7.18. The minimum atomic E-state index is 0.426. The van der Waals surface area contributed by atoms with Gasteiger partial charge in [-0.3, -0.25) is 0 Å². The van der Waals surface area contributed by atoms with Gasteiger partial charge >= 0.3 is 0 Å². The average molecular weight is 232 g/mol. The van der Waals surface area contributed by atoms with Crippen molar-refractivity contribution in [3.8, 4) is 0 Å². The zero-order valence-corrected chi connectivity index (χ0v) is 12.3. The number of rotatable bonds is 2. The molecule has 0 aromatic carbocycles. The molecule has 2 aliphatic carbocycles. The molecule has 17 heavy (non-hydrogen) atoms. The maximum Gasteiger partial charge on any atom is -0.0104 e. The first-order valence-corrected chi connectivity index (χ1v) is 7.27. The van der Waals surface area contributed by atoms with Crippen LogP contribution in [0.5, 0.6) is 0 Å². The summed E-state index contributed by atoms with van der Waals surface area (Å²) < 4.78 is 0. The summed E-state index contributed by atoms with van der Waals surface area (Å²) in [7, 11) is 0. The number of allylic oxidation sites excluding steroid dienone is 4. The van der Waals surface area contributed by atoms with E-state index >= 15 is 0 Å². The van der Waals surface area contributed by atoms with E-state index in [4.69, 9.17) is 0 Å². The van der Waals surface area contributed by atoms with Crippen LogP contribution in [0.4, 0.5) is 0 Å². The first kappa shape index (κ1) is 12.9. The molecule has 0 heterocycles.